The normalized spacial score (nSPS) is 13.6. The Morgan fingerprint density at radius 1 is 0.571 bits per heavy atom. The Labute approximate surface area is 122 Å². The molecule has 0 radical (unpaired) electrons. The van der Waals surface area contributed by atoms with Gasteiger partial charge in [-0.05, 0) is 39.8 Å². The van der Waals surface area contributed by atoms with Gasteiger partial charge in [-0.2, -0.15) is 0 Å². The van der Waals surface area contributed by atoms with E-state index < -0.39 is 0 Å². The maximum absolute atomic E-state index is 12.9. The van der Waals surface area contributed by atoms with Crippen molar-refractivity contribution in [1.29, 1.82) is 0 Å². The predicted molar refractivity (Wildman–Crippen MR) is 83.6 cm³/mol. The van der Waals surface area contributed by atoms with Crippen molar-refractivity contribution in [3.05, 3.63) is 82.9 Å². The minimum Gasteiger partial charge on any atom is -0.289 e. The molecule has 21 heavy (non-hydrogen) atoms. The molecule has 1 nitrogen and oxygen atoms in total. The summed E-state index contributed by atoms with van der Waals surface area (Å²) in [4.78, 5) is 12.9. The zero-order valence-electron chi connectivity index (χ0n) is 11.4. The Kier molecular flexibility index (Phi) is 1.95. The Morgan fingerprint density at radius 3 is 2.14 bits per heavy atom. The molecule has 0 amide bonds. The summed E-state index contributed by atoms with van der Waals surface area (Å²) in [5, 5.41) is 0. The van der Waals surface area contributed by atoms with Crippen LogP contribution in [0.4, 0.5) is 0 Å². The first-order chi connectivity index (χ1) is 10.3. The Balaban J connectivity index is 1.89. The van der Waals surface area contributed by atoms with Crippen molar-refractivity contribution in [2.24, 2.45) is 0 Å². The molecule has 0 unspecified atom stereocenters. The van der Waals surface area contributed by atoms with E-state index in [4.69, 9.17) is 0 Å². The van der Waals surface area contributed by atoms with E-state index in [9.17, 15) is 4.79 Å². The summed E-state index contributed by atoms with van der Waals surface area (Å²) in [6.45, 7) is 0. The molecule has 98 valence electrons. The molecule has 2 aliphatic carbocycles. The van der Waals surface area contributed by atoms with E-state index >= 15 is 0 Å². The molecule has 0 aromatic heterocycles. The number of benzene rings is 3. The molecule has 0 saturated heterocycles. The average molecular weight is 268 g/mol. The van der Waals surface area contributed by atoms with Crippen molar-refractivity contribution in [3.8, 4) is 22.3 Å². The molecular weight excluding hydrogens is 256 g/mol. The molecular formula is C20H12O. The van der Waals surface area contributed by atoms with Gasteiger partial charge >= 0.3 is 0 Å². The Bertz CT molecular complexity index is 934. The molecule has 0 heterocycles. The minimum absolute atomic E-state index is 0.175. The molecule has 0 fully saturated rings. The summed E-state index contributed by atoms with van der Waals surface area (Å²) in [5.41, 5.74) is 8.88. The van der Waals surface area contributed by atoms with Crippen molar-refractivity contribution in [3.63, 3.8) is 0 Å². The minimum atomic E-state index is 0.175. The van der Waals surface area contributed by atoms with Crippen molar-refractivity contribution >= 4 is 5.78 Å². The van der Waals surface area contributed by atoms with E-state index in [1.807, 2.05) is 24.3 Å². The van der Waals surface area contributed by atoms with E-state index in [0.29, 0.717) is 0 Å². The van der Waals surface area contributed by atoms with Crippen LogP contribution in [0.1, 0.15) is 27.0 Å². The van der Waals surface area contributed by atoms with Crippen LogP contribution in [0.5, 0.6) is 0 Å². The molecule has 0 spiro atoms. The van der Waals surface area contributed by atoms with Crippen molar-refractivity contribution in [1.82, 2.24) is 0 Å². The largest absolute Gasteiger partial charge is 0.289 e. The smallest absolute Gasteiger partial charge is 0.194 e. The SMILES string of the molecule is O=C1c2ccccc2-c2ccc3c(c21)-c1ccccc1C3. The second-order valence-electron chi connectivity index (χ2n) is 5.73. The van der Waals surface area contributed by atoms with Crippen LogP contribution >= 0.6 is 0 Å². The number of hydrogen-bond donors (Lipinski definition) is 0. The highest BCUT2D eigenvalue weighted by atomic mass is 16.1. The molecule has 3 aromatic carbocycles. The number of carbonyl (C=O) groups excluding carboxylic acids is 1. The van der Waals surface area contributed by atoms with Gasteiger partial charge in [-0.3, -0.25) is 4.79 Å². The van der Waals surface area contributed by atoms with Gasteiger partial charge in [-0.15, -0.1) is 0 Å². The quantitative estimate of drug-likeness (QED) is 0.405. The van der Waals surface area contributed by atoms with Crippen LogP contribution in [0, 0.1) is 0 Å². The van der Waals surface area contributed by atoms with Crippen LogP contribution in [0.25, 0.3) is 22.3 Å². The van der Waals surface area contributed by atoms with Crippen LogP contribution in [0.3, 0.4) is 0 Å². The lowest BCUT2D eigenvalue weighted by molar-refractivity contribution is 0.104. The van der Waals surface area contributed by atoms with Gasteiger partial charge in [-0.25, -0.2) is 0 Å². The Hall–Kier alpha value is -2.67. The summed E-state index contributed by atoms with van der Waals surface area (Å²) in [6.07, 6.45) is 0.933. The number of rotatable bonds is 0. The lowest BCUT2D eigenvalue weighted by Gasteiger charge is -2.07. The molecule has 5 rings (SSSR count). The van der Waals surface area contributed by atoms with Gasteiger partial charge in [0.25, 0.3) is 0 Å². The van der Waals surface area contributed by atoms with Crippen molar-refractivity contribution in [2.45, 2.75) is 6.42 Å². The fourth-order valence-corrected chi connectivity index (χ4v) is 3.74. The second kappa shape index (κ2) is 3.70. The van der Waals surface area contributed by atoms with Crippen LogP contribution in [0.15, 0.2) is 60.7 Å². The highest BCUT2D eigenvalue weighted by Crippen LogP contribution is 2.47. The first-order valence-electron chi connectivity index (χ1n) is 7.23. The topological polar surface area (TPSA) is 17.1 Å². The molecule has 0 N–H and O–H groups in total. The van der Waals surface area contributed by atoms with E-state index in [1.165, 1.54) is 16.7 Å². The molecule has 0 aliphatic heterocycles. The third-order valence-corrected chi connectivity index (χ3v) is 4.65. The summed E-state index contributed by atoms with van der Waals surface area (Å²) in [6, 6.07) is 20.6. The highest BCUT2D eigenvalue weighted by molar-refractivity contribution is 6.25. The van der Waals surface area contributed by atoms with Gasteiger partial charge in [0.15, 0.2) is 5.78 Å². The van der Waals surface area contributed by atoms with Gasteiger partial charge < -0.3 is 0 Å². The van der Waals surface area contributed by atoms with E-state index in [-0.39, 0.29) is 5.78 Å². The van der Waals surface area contributed by atoms with Crippen molar-refractivity contribution in [2.75, 3.05) is 0 Å². The monoisotopic (exact) mass is 268 g/mol. The van der Waals surface area contributed by atoms with E-state index in [1.54, 1.807) is 0 Å². The van der Waals surface area contributed by atoms with E-state index in [0.717, 1.165) is 34.2 Å². The second-order valence-corrected chi connectivity index (χ2v) is 5.73. The maximum atomic E-state index is 12.9. The zero-order chi connectivity index (χ0) is 14.0. The van der Waals surface area contributed by atoms with Gasteiger partial charge in [0.1, 0.15) is 0 Å². The highest BCUT2D eigenvalue weighted by Gasteiger charge is 2.33. The number of carbonyl (C=O) groups is 1. The molecule has 0 saturated carbocycles. The van der Waals surface area contributed by atoms with Crippen LogP contribution in [0.2, 0.25) is 0 Å². The summed E-state index contributed by atoms with van der Waals surface area (Å²) >= 11 is 0. The lowest BCUT2D eigenvalue weighted by atomic mass is 9.95. The third-order valence-electron chi connectivity index (χ3n) is 4.65. The van der Waals surface area contributed by atoms with Crippen LogP contribution in [-0.2, 0) is 6.42 Å². The van der Waals surface area contributed by atoms with Gasteiger partial charge in [0.2, 0.25) is 0 Å². The number of ketones is 1. The van der Waals surface area contributed by atoms with Gasteiger partial charge in [0.05, 0.1) is 0 Å². The molecule has 3 aromatic rings. The third kappa shape index (κ3) is 1.28. The van der Waals surface area contributed by atoms with Crippen LogP contribution in [-0.4, -0.2) is 5.78 Å². The molecule has 2 aliphatic rings. The maximum Gasteiger partial charge on any atom is 0.194 e. The standard InChI is InChI=1S/C20H12O/c21-20-17-8-4-3-7-15(17)16-10-9-13-11-12-5-1-2-6-14(12)18(13)19(16)20/h1-10H,11H2. The van der Waals surface area contributed by atoms with E-state index in [2.05, 4.69) is 36.4 Å². The van der Waals surface area contributed by atoms with Crippen molar-refractivity contribution < 1.29 is 4.79 Å². The molecule has 0 bridgehead atoms. The molecule has 0 atom stereocenters. The fraction of sp³-hybridized carbons (Fsp3) is 0.0500. The fourth-order valence-electron chi connectivity index (χ4n) is 3.74. The van der Waals surface area contributed by atoms with Gasteiger partial charge in [0, 0.05) is 11.1 Å². The van der Waals surface area contributed by atoms with Gasteiger partial charge in [-0.1, -0.05) is 60.7 Å². The first-order valence-corrected chi connectivity index (χ1v) is 7.23. The average Bonchev–Trinajstić information content (AvgIpc) is 3.04. The number of fused-ring (bicyclic) bond motifs is 7. The molecule has 1 heteroatoms. The summed E-state index contributed by atoms with van der Waals surface area (Å²) in [7, 11) is 0. The zero-order valence-corrected chi connectivity index (χ0v) is 11.4. The first kappa shape index (κ1) is 11.0. The summed E-state index contributed by atoms with van der Waals surface area (Å²) < 4.78 is 0. The predicted octanol–water partition coefficient (Wildman–Crippen LogP) is 4.47. The van der Waals surface area contributed by atoms with Crippen LogP contribution < -0.4 is 0 Å². The number of hydrogen-bond acceptors (Lipinski definition) is 1. The lowest BCUT2D eigenvalue weighted by Crippen LogP contribution is -1.98. The Morgan fingerprint density at radius 2 is 1.29 bits per heavy atom. The summed E-state index contributed by atoms with van der Waals surface area (Å²) in [5.74, 6) is 0.175.